The van der Waals surface area contributed by atoms with E-state index >= 15 is 0 Å². The lowest BCUT2D eigenvalue weighted by Gasteiger charge is -2.44. The Kier molecular flexibility index (Phi) is 7.88. The molecule has 2 unspecified atom stereocenters. The highest BCUT2D eigenvalue weighted by atomic mass is 32.2. The Balaban J connectivity index is 2.24. The number of hydrogen-bond donors (Lipinski definition) is 1. The number of amides is 1. The molecule has 0 radical (unpaired) electrons. The van der Waals surface area contributed by atoms with Crippen LogP contribution < -0.4 is 4.72 Å². The van der Waals surface area contributed by atoms with Crippen LogP contribution in [-0.2, 0) is 19.2 Å². The molecule has 1 N–H and O–H groups in total. The number of likely N-dealkylation sites (tertiary alicyclic amines) is 1. The van der Waals surface area contributed by atoms with Gasteiger partial charge in [-0.25, -0.2) is 17.9 Å². The van der Waals surface area contributed by atoms with E-state index in [9.17, 15) is 13.2 Å². The maximum atomic E-state index is 13.1. The second-order valence-corrected chi connectivity index (χ2v) is 20.8. The molecule has 0 aromatic heterocycles. The zero-order chi connectivity index (χ0) is 25.7. The average molecular weight is 505 g/mol. The van der Waals surface area contributed by atoms with Crippen LogP contribution >= 0.6 is 0 Å². The molecule has 2 rings (SSSR count). The molecule has 2 aliphatic rings. The van der Waals surface area contributed by atoms with Crippen LogP contribution in [0.25, 0.3) is 0 Å². The van der Waals surface area contributed by atoms with Crippen LogP contribution in [0.5, 0.6) is 0 Å². The normalized spacial score (nSPS) is 24.9. The highest BCUT2D eigenvalue weighted by Crippen LogP contribution is 2.50. The number of piperidine rings is 1. The Labute approximate surface area is 203 Å². The smallest absolute Gasteiger partial charge is 0.410 e. The third-order valence-electron chi connectivity index (χ3n) is 7.65. The third-order valence-corrected chi connectivity index (χ3v) is 14.4. The molecule has 33 heavy (non-hydrogen) atoms. The van der Waals surface area contributed by atoms with Crippen LogP contribution in [0.2, 0.25) is 18.1 Å². The minimum Gasteiger partial charge on any atom is -0.444 e. The summed E-state index contributed by atoms with van der Waals surface area (Å²) in [6.07, 6.45) is 2.69. The number of nitrogens with one attached hydrogen (secondary N) is 1. The van der Waals surface area contributed by atoms with Gasteiger partial charge in [0.2, 0.25) is 10.0 Å². The highest BCUT2D eigenvalue weighted by molar-refractivity contribution is 7.90. The van der Waals surface area contributed by atoms with E-state index in [1.54, 1.807) is 25.7 Å². The molecule has 0 aromatic rings. The molecule has 1 saturated carbocycles. The summed E-state index contributed by atoms with van der Waals surface area (Å²) < 4.78 is 40.7. The van der Waals surface area contributed by atoms with Gasteiger partial charge in [-0.1, -0.05) is 20.8 Å². The van der Waals surface area contributed by atoms with Crippen LogP contribution in [-0.4, -0.2) is 63.3 Å². The summed E-state index contributed by atoms with van der Waals surface area (Å²) in [6.45, 7) is 23.1. The Bertz CT molecular complexity index is 813. The van der Waals surface area contributed by atoms with Gasteiger partial charge in [0, 0.05) is 25.2 Å². The van der Waals surface area contributed by atoms with Crippen LogP contribution in [0.3, 0.4) is 0 Å². The molecule has 1 aliphatic heterocycles. The van der Waals surface area contributed by atoms with Gasteiger partial charge in [-0.05, 0) is 90.8 Å². The second kappa shape index (κ2) is 9.10. The first-order valence-electron chi connectivity index (χ1n) is 12.3. The molecule has 9 heteroatoms. The van der Waals surface area contributed by atoms with Crippen molar-refractivity contribution < 1.29 is 22.4 Å². The second-order valence-electron chi connectivity index (χ2n) is 13.6. The Hall–Kier alpha value is -0.643. The van der Waals surface area contributed by atoms with Crippen LogP contribution in [0, 0.1) is 5.41 Å². The Morgan fingerprint density at radius 3 is 1.94 bits per heavy atom. The van der Waals surface area contributed by atoms with Gasteiger partial charge >= 0.3 is 6.09 Å². The largest absolute Gasteiger partial charge is 0.444 e. The van der Waals surface area contributed by atoms with E-state index in [4.69, 9.17) is 9.16 Å². The molecule has 1 heterocycles. The molecule has 194 valence electrons. The maximum Gasteiger partial charge on any atom is 0.410 e. The number of hydrogen-bond acceptors (Lipinski definition) is 5. The van der Waals surface area contributed by atoms with Crippen molar-refractivity contribution >= 4 is 24.4 Å². The van der Waals surface area contributed by atoms with Crippen molar-refractivity contribution in [1.82, 2.24) is 9.62 Å². The summed E-state index contributed by atoms with van der Waals surface area (Å²) >= 11 is 0. The summed E-state index contributed by atoms with van der Waals surface area (Å²) in [4.78, 5) is 14.4. The molecule has 0 bridgehead atoms. The Morgan fingerprint density at radius 2 is 1.52 bits per heavy atom. The van der Waals surface area contributed by atoms with Gasteiger partial charge < -0.3 is 14.1 Å². The minimum atomic E-state index is -3.51. The van der Waals surface area contributed by atoms with Gasteiger partial charge in [0.15, 0.2) is 8.32 Å². The SMILES string of the molecule is CC(C)(C)OC(=O)N1CCC2(CC1)CC(O[Si](C)(C)C(C)(C)C)CC2NS(=O)(=O)C(C)(C)C. The molecule has 7 nitrogen and oxygen atoms in total. The number of nitrogens with zero attached hydrogens (tertiary/aromatic N) is 1. The zero-order valence-corrected chi connectivity index (χ0v) is 24.6. The molecule has 1 aliphatic carbocycles. The number of carbonyl (C=O) groups is 1. The number of rotatable bonds is 4. The topological polar surface area (TPSA) is 84.9 Å². The van der Waals surface area contributed by atoms with Gasteiger partial charge in [-0.3, -0.25) is 0 Å². The zero-order valence-electron chi connectivity index (χ0n) is 22.8. The van der Waals surface area contributed by atoms with Crippen molar-refractivity contribution in [2.45, 2.75) is 129 Å². The molecule has 2 atom stereocenters. The summed E-state index contributed by atoms with van der Waals surface area (Å²) in [5.41, 5.74) is -0.754. The molecular weight excluding hydrogens is 456 g/mol. The van der Waals surface area contributed by atoms with Gasteiger partial charge in [0.1, 0.15) is 5.60 Å². The molecular formula is C24H48N2O5SSi. The first kappa shape index (κ1) is 28.6. The lowest BCUT2D eigenvalue weighted by atomic mass is 9.74. The molecule has 0 aromatic carbocycles. The van der Waals surface area contributed by atoms with E-state index in [0.717, 1.165) is 19.3 Å². The van der Waals surface area contributed by atoms with E-state index in [-0.39, 0.29) is 28.7 Å². The maximum absolute atomic E-state index is 13.1. The van der Waals surface area contributed by atoms with E-state index in [1.807, 2.05) is 20.8 Å². The van der Waals surface area contributed by atoms with E-state index in [2.05, 4.69) is 38.6 Å². The predicted molar refractivity (Wildman–Crippen MR) is 136 cm³/mol. The van der Waals surface area contributed by atoms with Gasteiger partial charge in [-0.15, -0.1) is 0 Å². The lowest BCUT2D eigenvalue weighted by molar-refractivity contribution is 0.00699. The van der Waals surface area contributed by atoms with Crippen LogP contribution in [0.1, 0.15) is 88.0 Å². The van der Waals surface area contributed by atoms with Gasteiger partial charge in [0.05, 0.1) is 4.75 Å². The number of ether oxygens (including phenoxy) is 1. The fourth-order valence-corrected chi connectivity index (χ4v) is 6.87. The van der Waals surface area contributed by atoms with Crippen molar-refractivity contribution in [3.05, 3.63) is 0 Å². The summed E-state index contributed by atoms with van der Waals surface area (Å²) in [5.74, 6) is 0. The fraction of sp³-hybridized carbons (Fsp3) is 0.958. The van der Waals surface area contributed by atoms with Crippen molar-refractivity contribution in [2.24, 2.45) is 5.41 Å². The highest BCUT2D eigenvalue weighted by Gasteiger charge is 2.53. The number of carbonyl (C=O) groups excluding carboxylic acids is 1. The van der Waals surface area contributed by atoms with Crippen molar-refractivity contribution in [1.29, 1.82) is 0 Å². The van der Waals surface area contributed by atoms with Gasteiger partial charge in [-0.2, -0.15) is 0 Å². The number of sulfonamides is 1. The summed E-state index contributed by atoms with van der Waals surface area (Å²) in [5, 5.41) is 0.0866. The fourth-order valence-electron chi connectivity index (χ4n) is 4.43. The van der Waals surface area contributed by atoms with Crippen LogP contribution in [0.4, 0.5) is 4.79 Å². The van der Waals surface area contributed by atoms with Gasteiger partial charge in [0.25, 0.3) is 0 Å². The van der Waals surface area contributed by atoms with Crippen molar-refractivity contribution in [2.75, 3.05) is 13.1 Å². The van der Waals surface area contributed by atoms with Crippen molar-refractivity contribution in [3.63, 3.8) is 0 Å². The lowest BCUT2D eigenvalue weighted by Crippen LogP contribution is -2.54. The monoisotopic (exact) mass is 504 g/mol. The molecule has 1 spiro atoms. The standard InChI is InChI=1S/C24H48N2O5SSi/c1-21(2,3)30-20(27)26-14-12-24(13-15-26)17-18(31-33(10,11)23(7,8)9)16-19(24)25-32(28,29)22(4,5)6/h18-19,25H,12-17H2,1-11H3. The molecule has 1 saturated heterocycles. The van der Waals surface area contributed by atoms with E-state index < -0.39 is 28.7 Å². The molecule has 2 fully saturated rings. The minimum absolute atomic E-state index is 0.0200. The quantitative estimate of drug-likeness (QED) is 0.527. The Morgan fingerprint density at radius 1 is 1.00 bits per heavy atom. The predicted octanol–water partition coefficient (Wildman–Crippen LogP) is 5.27. The van der Waals surface area contributed by atoms with Crippen LogP contribution in [0.15, 0.2) is 0 Å². The summed E-state index contributed by atoms with van der Waals surface area (Å²) in [6, 6.07) is -0.197. The van der Waals surface area contributed by atoms with E-state index in [0.29, 0.717) is 19.5 Å². The first-order valence-corrected chi connectivity index (χ1v) is 16.7. The summed E-state index contributed by atoms with van der Waals surface area (Å²) in [7, 11) is -5.50. The van der Waals surface area contributed by atoms with Crippen molar-refractivity contribution in [3.8, 4) is 0 Å². The molecule has 1 amide bonds. The first-order chi connectivity index (χ1) is 14.6. The van der Waals surface area contributed by atoms with E-state index in [1.165, 1.54) is 0 Å². The third kappa shape index (κ3) is 6.73. The average Bonchev–Trinajstić information content (AvgIpc) is 2.87.